The van der Waals surface area contributed by atoms with Crippen LogP contribution in [0.3, 0.4) is 0 Å². The molecule has 0 aromatic heterocycles. The molecule has 1 unspecified atom stereocenters. The van der Waals surface area contributed by atoms with E-state index in [1.807, 2.05) is 13.0 Å². The summed E-state index contributed by atoms with van der Waals surface area (Å²) in [6, 6.07) is 0.358. The van der Waals surface area contributed by atoms with Gasteiger partial charge in [-0.25, -0.2) is 0 Å². The summed E-state index contributed by atoms with van der Waals surface area (Å²) >= 11 is 0. The lowest BCUT2D eigenvalue weighted by Gasteiger charge is -2.29. The van der Waals surface area contributed by atoms with Gasteiger partial charge in [0.05, 0.1) is 13.2 Å². The molecule has 3 heteroatoms. The van der Waals surface area contributed by atoms with E-state index >= 15 is 0 Å². The van der Waals surface area contributed by atoms with Gasteiger partial charge in [-0.15, -0.1) is 6.58 Å². The standard InChI is InChI=1S/C13H21NO2/c1-3-10-14(11-13(15)16-4-2)12-8-6-5-7-9-12/h3,6,8,12H,1,4-5,7,9-11H2,2H3. The first-order chi connectivity index (χ1) is 7.77. The van der Waals surface area contributed by atoms with E-state index < -0.39 is 0 Å². The van der Waals surface area contributed by atoms with Gasteiger partial charge in [0.25, 0.3) is 0 Å². The van der Waals surface area contributed by atoms with Gasteiger partial charge in [-0.2, -0.15) is 0 Å². The summed E-state index contributed by atoms with van der Waals surface area (Å²) in [7, 11) is 0. The van der Waals surface area contributed by atoms with Crippen molar-refractivity contribution in [2.75, 3.05) is 19.7 Å². The molecule has 0 aliphatic heterocycles. The van der Waals surface area contributed by atoms with Crippen LogP contribution in [0.1, 0.15) is 26.2 Å². The fraction of sp³-hybridized carbons (Fsp3) is 0.615. The van der Waals surface area contributed by atoms with E-state index in [-0.39, 0.29) is 5.97 Å². The van der Waals surface area contributed by atoms with E-state index in [0.717, 1.165) is 19.4 Å². The van der Waals surface area contributed by atoms with Crippen LogP contribution in [0, 0.1) is 0 Å². The van der Waals surface area contributed by atoms with Crippen LogP contribution in [0.5, 0.6) is 0 Å². The number of carbonyl (C=O) groups is 1. The second-order valence-corrected chi connectivity index (χ2v) is 3.95. The second kappa shape index (κ2) is 7.23. The Balaban J connectivity index is 2.51. The minimum atomic E-state index is -0.150. The van der Waals surface area contributed by atoms with E-state index in [1.165, 1.54) is 6.42 Å². The molecule has 1 rings (SSSR count). The minimum Gasteiger partial charge on any atom is -0.465 e. The van der Waals surface area contributed by atoms with E-state index in [4.69, 9.17) is 4.74 Å². The highest BCUT2D eigenvalue weighted by Gasteiger charge is 2.19. The third-order valence-electron chi connectivity index (χ3n) is 2.70. The van der Waals surface area contributed by atoms with Crippen molar-refractivity contribution in [1.29, 1.82) is 0 Å². The van der Waals surface area contributed by atoms with Crippen LogP contribution in [0.2, 0.25) is 0 Å². The van der Waals surface area contributed by atoms with Gasteiger partial charge in [-0.3, -0.25) is 9.69 Å². The Labute approximate surface area is 97.8 Å². The van der Waals surface area contributed by atoms with E-state index in [1.54, 1.807) is 0 Å². The monoisotopic (exact) mass is 223 g/mol. The van der Waals surface area contributed by atoms with Gasteiger partial charge in [-0.05, 0) is 26.2 Å². The molecule has 0 saturated heterocycles. The number of hydrogen-bond donors (Lipinski definition) is 0. The van der Waals surface area contributed by atoms with Gasteiger partial charge >= 0.3 is 5.97 Å². The maximum atomic E-state index is 11.4. The van der Waals surface area contributed by atoms with E-state index in [0.29, 0.717) is 19.2 Å². The average Bonchev–Trinajstić information content (AvgIpc) is 2.30. The van der Waals surface area contributed by atoms with Crippen molar-refractivity contribution in [1.82, 2.24) is 4.90 Å². The number of nitrogens with zero attached hydrogens (tertiary/aromatic N) is 1. The van der Waals surface area contributed by atoms with Crippen molar-refractivity contribution in [3.8, 4) is 0 Å². The molecule has 90 valence electrons. The van der Waals surface area contributed by atoms with Crippen LogP contribution in [0.15, 0.2) is 24.8 Å². The third-order valence-corrected chi connectivity index (χ3v) is 2.70. The summed E-state index contributed by atoms with van der Waals surface area (Å²) in [5, 5.41) is 0. The second-order valence-electron chi connectivity index (χ2n) is 3.95. The molecule has 0 heterocycles. The van der Waals surface area contributed by atoms with Crippen LogP contribution in [-0.2, 0) is 9.53 Å². The molecular formula is C13H21NO2. The number of allylic oxidation sites excluding steroid dienone is 1. The molecule has 16 heavy (non-hydrogen) atoms. The molecule has 0 amide bonds. The van der Waals surface area contributed by atoms with Gasteiger partial charge in [-0.1, -0.05) is 18.2 Å². The highest BCUT2D eigenvalue weighted by molar-refractivity contribution is 5.71. The predicted molar refractivity (Wildman–Crippen MR) is 65.2 cm³/mol. The fourth-order valence-electron chi connectivity index (χ4n) is 1.95. The molecule has 3 nitrogen and oxygen atoms in total. The Morgan fingerprint density at radius 2 is 2.50 bits per heavy atom. The van der Waals surface area contributed by atoms with Gasteiger partial charge in [0.15, 0.2) is 0 Å². The van der Waals surface area contributed by atoms with Crippen molar-refractivity contribution < 1.29 is 9.53 Å². The predicted octanol–water partition coefficient (Wildman–Crippen LogP) is 2.15. The number of carbonyl (C=O) groups excluding carboxylic acids is 1. The molecule has 0 radical (unpaired) electrons. The maximum Gasteiger partial charge on any atom is 0.320 e. The molecule has 1 atom stereocenters. The van der Waals surface area contributed by atoms with Crippen LogP contribution in [-0.4, -0.2) is 36.6 Å². The molecule has 0 aromatic carbocycles. The maximum absolute atomic E-state index is 11.4. The van der Waals surface area contributed by atoms with Gasteiger partial charge in [0.2, 0.25) is 0 Å². The molecular weight excluding hydrogens is 202 g/mol. The molecule has 0 saturated carbocycles. The first kappa shape index (κ1) is 13.0. The van der Waals surface area contributed by atoms with Crippen molar-refractivity contribution >= 4 is 5.97 Å². The molecule has 0 N–H and O–H groups in total. The summed E-state index contributed by atoms with van der Waals surface area (Å²) < 4.78 is 4.97. The normalized spacial score (nSPS) is 19.8. The van der Waals surface area contributed by atoms with Gasteiger partial charge in [0.1, 0.15) is 0 Å². The molecule has 0 fully saturated rings. The number of ether oxygens (including phenoxy) is 1. The quantitative estimate of drug-likeness (QED) is 0.510. The van der Waals surface area contributed by atoms with Gasteiger partial charge in [0, 0.05) is 12.6 Å². The highest BCUT2D eigenvalue weighted by Crippen LogP contribution is 2.16. The zero-order valence-electron chi connectivity index (χ0n) is 10.0. The number of hydrogen-bond acceptors (Lipinski definition) is 3. The van der Waals surface area contributed by atoms with Crippen LogP contribution in [0.4, 0.5) is 0 Å². The Hall–Kier alpha value is -1.09. The molecule has 0 spiro atoms. The average molecular weight is 223 g/mol. The zero-order valence-corrected chi connectivity index (χ0v) is 10.0. The van der Waals surface area contributed by atoms with Crippen LogP contribution < -0.4 is 0 Å². The smallest absolute Gasteiger partial charge is 0.320 e. The Bertz CT molecular complexity index is 261. The van der Waals surface area contributed by atoms with Crippen LogP contribution in [0.25, 0.3) is 0 Å². The number of esters is 1. The molecule has 0 aromatic rings. The van der Waals surface area contributed by atoms with Crippen molar-refractivity contribution in [2.24, 2.45) is 0 Å². The SMILES string of the molecule is C=CCN(CC(=O)OCC)C1C=CCCC1. The van der Waals surface area contributed by atoms with E-state index in [2.05, 4.69) is 23.6 Å². The first-order valence-corrected chi connectivity index (χ1v) is 5.95. The third kappa shape index (κ3) is 4.19. The van der Waals surface area contributed by atoms with Crippen molar-refractivity contribution in [2.45, 2.75) is 32.2 Å². The molecule has 1 aliphatic carbocycles. The summed E-state index contributed by atoms with van der Waals surface area (Å²) in [6.45, 7) is 7.09. The lowest BCUT2D eigenvalue weighted by atomic mass is 10.0. The summed E-state index contributed by atoms with van der Waals surface area (Å²) in [5.74, 6) is -0.150. The summed E-state index contributed by atoms with van der Waals surface area (Å²) in [5.41, 5.74) is 0. The first-order valence-electron chi connectivity index (χ1n) is 5.95. The topological polar surface area (TPSA) is 29.5 Å². The van der Waals surface area contributed by atoms with Crippen molar-refractivity contribution in [3.63, 3.8) is 0 Å². The fourth-order valence-corrected chi connectivity index (χ4v) is 1.95. The van der Waals surface area contributed by atoms with Crippen LogP contribution >= 0.6 is 0 Å². The minimum absolute atomic E-state index is 0.150. The lowest BCUT2D eigenvalue weighted by Crippen LogP contribution is -2.39. The Morgan fingerprint density at radius 3 is 3.06 bits per heavy atom. The molecule has 0 bridgehead atoms. The van der Waals surface area contributed by atoms with Crippen molar-refractivity contribution in [3.05, 3.63) is 24.8 Å². The van der Waals surface area contributed by atoms with E-state index in [9.17, 15) is 4.79 Å². The largest absolute Gasteiger partial charge is 0.465 e. The lowest BCUT2D eigenvalue weighted by molar-refractivity contribution is -0.144. The highest BCUT2D eigenvalue weighted by atomic mass is 16.5. The Morgan fingerprint density at radius 1 is 1.69 bits per heavy atom. The Kier molecular flexibility index (Phi) is 5.86. The summed E-state index contributed by atoms with van der Waals surface area (Å²) in [4.78, 5) is 13.6. The number of rotatable bonds is 6. The molecule has 1 aliphatic rings. The van der Waals surface area contributed by atoms with Gasteiger partial charge < -0.3 is 4.74 Å². The zero-order chi connectivity index (χ0) is 11.8. The summed E-state index contributed by atoms with van der Waals surface area (Å²) in [6.07, 6.45) is 9.67.